The van der Waals surface area contributed by atoms with Crippen LogP contribution in [0.15, 0.2) is 59.2 Å². The van der Waals surface area contributed by atoms with E-state index in [1.165, 1.54) is 12.5 Å². The summed E-state index contributed by atoms with van der Waals surface area (Å²) in [5.74, 6) is 0.185. The Kier molecular flexibility index (Phi) is 5.62. The third-order valence-electron chi connectivity index (χ3n) is 5.32. The highest BCUT2D eigenvalue weighted by Crippen LogP contribution is 2.22. The lowest BCUT2D eigenvalue weighted by molar-refractivity contribution is -0.114. The number of fused-ring (bicyclic) bond motifs is 1. The molecule has 150 valence electrons. The average Bonchev–Trinajstić information content (AvgIpc) is 3.15. The van der Waals surface area contributed by atoms with E-state index >= 15 is 0 Å². The number of nitrogens with one attached hydrogen (secondary N) is 2. The zero-order valence-corrected chi connectivity index (χ0v) is 16.5. The lowest BCUT2D eigenvalue weighted by atomic mass is 10.0. The Morgan fingerprint density at radius 3 is 2.52 bits per heavy atom. The zero-order valence-electron chi connectivity index (χ0n) is 16.5. The molecule has 2 heterocycles. The molecule has 1 aliphatic rings. The van der Waals surface area contributed by atoms with Gasteiger partial charge in [-0.25, -0.2) is 0 Å². The van der Waals surface area contributed by atoms with Crippen LogP contribution in [0.1, 0.15) is 35.9 Å². The third-order valence-corrected chi connectivity index (χ3v) is 5.32. The SMILES string of the molecule is CC(=O)Nc1ccc(CN2CCC(NC(=O)c3occ4ccccc34)CC2)cc1. The summed E-state index contributed by atoms with van der Waals surface area (Å²) < 4.78 is 5.50. The predicted octanol–water partition coefficient (Wildman–Crippen LogP) is 3.79. The van der Waals surface area contributed by atoms with Gasteiger partial charge in [-0.2, -0.15) is 0 Å². The lowest BCUT2D eigenvalue weighted by Gasteiger charge is -2.32. The molecule has 0 radical (unpaired) electrons. The fourth-order valence-corrected chi connectivity index (χ4v) is 3.81. The van der Waals surface area contributed by atoms with Gasteiger partial charge in [0.25, 0.3) is 5.91 Å². The van der Waals surface area contributed by atoms with E-state index in [-0.39, 0.29) is 17.9 Å². The maximum absolute atomic E-state index is 12.6. The van der Waals surface area contributed by atoms with Crippen molar-refractivity contribution in [2.75, 3.05) is 18.4 Å². The first-order chi connectivity index (χ1) is 14.1. The summed E-state index contributed by atoms with van der Waals surface area (Å²) in [4.78, 5) is 26.1. The molecule has 2 aromatic carbocycles. The minimum atomic E-state index is -0.141. The maximum Gasteiger partial charge on any atom is 0.287 e. The van der Waals surface area contributed by atoms with E-state index < -0.39 is 0 Å². The number of carbonyl (C=O) groups excluding carboxylic acids is 2. The van der Waals surface area contributed by atoms with Gasteiger partial charge in [-0.05, 0) is 30.5 Å². The highest BCUT2D eigenvalue weighted by molar-refractivity contribution is 6.04. The van der Waals surface area contributed by atoms with Crippen LogP contribution in [0.4, 0.5) is 5.69 Å². The number of nitrogens with zero attached hydrogens (tertiary/aromatic N) is 1. The number of amides is 2. The van der Waals surface area contributed by atoms with E-state index in [9.17, 15) is 9.59 Å². The average molecular weight is 391 g/mol. The van der Waals surface area contributed by atoms with E-state index in [0.717, 1.165) is 48.9 Å². The number of furan rings is 1. The smallest absolute Gasteiger partial charge is 0.287 e. The van der Waals surface area contributed by atoms with Crippen molar-refractivity contribution < 1.29 is 14.0 Å². The molecule has 6 nitrogen and oxygen atoms in total. The van der Waals surface area contributed by atoms with Crippen molar-refractivity contribution in [2.45, 2.75) is 32.4 Å². The van der Waals surface area contributed by atoms with Crippen LogP contribution < -0.4 is 10.6 Å². The van der Waals surface area contributed by atoms with Gasteiger partial charge < -0.3 is 15.1 Å². The van der Waals surface area contributed by atoms with Crippen molar-refractivity contribution in [3.05, 3.63) is 66.1 Å². The van der Waals surface area contributed by atoms with Gasteiger partial charge in [0.05, 0.1) is 6.26 Å². The number of hydrogen-bond acceptors (Lipinski definition) is 4. The van der Waals surface area contributed by atoms with E-state index in [1.807, 2.05) is 48.5 Å². The quantitative estimate of drug-likeness (QED) is 0.694. The van der Waals surface area contributed by atoms with E-state index in [4.69, 9.17) is 4.42 Å². The Morgan fingerprint density at radius 1 is 1.07 bits per heavy atom. The first-order valence-electron chi connectivity index (χ1n) is 9.94. The van der Waals surface area contributed by atoms with Crippen LogP contribution in [-0.4, -0.2) is 35.8 Å². The number of anilines is 1. The normalized spacial score (nSPS) is 15.3. The summed E-state index contributed by atoms with van der Waals surface area (Å²) in [6.45, 7) is 4.23. The Labute approximate surface area is 169 Å². The summed E-state index contributed by atoms with van der Waals surface area (Å²) in [6, 6.07) is 15.8. The summed E-state index contributed by atoms with van der Waals surface area (Å²) in [5.41, 5.74) is 2.02. The van der Waals surface area contributed by atoms with Gasteiger partial charge in [0.2, 0.25) is 5.91 Å². The molecule has 0 unspecified atom stereocenters. The fraction of sp³-hybridized carbons (Fsp3) is 0.304. The molecule has 29 heavy (non-hydrogen) atoms. The number of rotatable bonds is 5. The van der Waals surface area contributed by atoms with E-state index in [0.29, 0.717) is 5.76 Å². The molecule has 1 aromatic heterocycles. The molecule has 4 rings (SSSR count). The van der Waals surface area contributed by atoms with Crippen molar-refractivity contribution in [1.82, 2.24) is 10.2 Å². The molecule has 6 heteroatoms. The summed E-state index contributed by atoms with van der Waals surface area (Å²) >= 11 is 0. The molecule has 0 bridgehead atoms. The second-order valence-electron chi connectivity index (χ2n) is 7.55. The van der Waals surface area contributed by atoms with Gasteiger partial charge >= 0.3 is 0 Å². The molecule has 0 spiro atoms. The van der Waals surface area contributed by atoms with Gasteiger partial charge in [0.15, 0.2) is 5.76 Å². The first-order valence-corrected chi connectivity index (χ1v) is 9.94. The van der Waals surface area contributed by atoms with Gasteiger partial charge in [-0.15, -0.1) is 0 Å². The van der Waals surface area contributed by atoms with Crippen molar-refractivity contribution in [2.24, 2.45) is 0 Å². The molecule has 0 saturated carbocycles. The highest BCUT2D eigenvalue weighted by Gasteiger charge is 2.23. The highest BCUT2D eigenvalue weighted by atomic mass is 16.3. The van der Waals surface area contributed by atoms with Gasteiger partial charge in [0.1, 0.15) is 0 Å². The van der Waals surface area contributed by atoms with E-state index in [2.05, 4.69) is 15.5 Å². The minimum absolute atomic E-state index is 0.0654. The number of likely N-dealkylation sites (tertiary alicyclic amines) is 1. The molecule has 1 saturated heterocycles. The minimum Gasteiger partial charge on any atom is -0.458 e. The number of benzene rings is 2. The number of hydrogen-bond donors (Lipinski definition) is 2. The van der Waals surface area contributed by atoms with Crippen LogP contribution in [0, 0.1) is 0 Å². The molecule has 3 aromatic rings. The Balaban J connectivity index is 1.28. The molecule has 0 aliphatic carbocycles. The van der Waals surface area contributed by atoms with Crippen LogP contribution in [-0.2, 0) is 11.3 Å². The predicted molar refractivity (Wildman–Crippen MR) is 113 cm³/mol. The number of carbonyl (C=O) groups is 2. The van der Waals surface area contributed by atoms with Gasteiger partial charge in [-0.1, -0.05) is 36.4 Å². The molecule has 1 aliphatic heterocycles. The molecule has 0 atom stereocenters. The topological polar surface area (TPSA) is 74.6 Å². The van der Waals surface area contributed by atoms with Gasteiger partial charge in [-0.3, -0.25) is 14.5 Å². The molecule has 2 N–H and O–H groups in total. The summed E-state index contributed by atoms with van der Waals surface area (Å²) in [7, 11) is 0. The fourth-order valence-electron chi connectivity index (χ4n) is 3.81. The largest absolute Gasteiger partial charge is 0.458 e. The Bertz CT molecular complexity index is 1000. The first kappa shape index (κ1) is 19.2. The molecule has 1 fully saturated rings. The molecule has 2 amide bonds. The zero-order chi connectivity index (χ0) is 20.2. The standard InChI is InChI=1S/C23H25N3O3/c1-16(27)24-19-8-6-17(7-9-19)14-26-12-10-20(11-13-26)25-23(28)22-21-5-3-2-4-18(21)15-29-22/h2-9,15,20H,10-14H2,1H3,(H,24,27)(H,25,28). The molecular formula is C23H25N3O3. The second-order valence-corrected chi connectivity index (χ2v) is 7.55. The maximum atomic E-state index is 12.6. The van der Waals surface area contributed by atoms with Crippen LogP contribution in [0.5, 0.6) is 0 Å². The lowest BCUT2D eigenvalue weighted by Crippen LogP contribution is -2.44. The second kappa shape index (κ2) is 8.49. The van der Waals surface area contributed by atoms with Crippen molar-refractivity contribution >= 4 is 28.3 Å². The summed E-state index contributed by atoms with van der Waals surface area (Å²) in [5, 5.41) is 7.70. The van der Waals surface area contributed by atoms with Crippen LogP contribution >= 0.6 is 0 Å². The van der Waals surface area contributed by atoms with Crippen LogP contribution in [0.25, 0.3) is 10.8 Å². The van der Waals surface area contributed by atoms with Crippen LogP contribution in [0.3, 0.4) is 0 Å². The van der Waals surface area contributed by atoms with E-state index in [1.54, 1.807) is 6.26 Å². The van der Waals surface area contributed by atoms with Crippen molar-refractivity contribution in [3.63, 3.8) is 0 Å². The van der Waals surface area contributed by atoms with Crippen LogP contribution in [0.2, 0.25) is 0 Å². The number of piperidine rings is 1. The third kappa shape index (κ3) is 4.66. The Hall–Kier alpha value is -3.12. The molecular weight excluding hydrogens is 366 g/mol. The monoisotopic (exact) mass is 391 g/mol. The summed E-state index contributed by atoms with van der Waals surface area (Å²) in [6.07, 6.45) is 3.45. The van der Waals surface area contributed by atoms with Crippen molar-refractivity contribution in [1.29, 1.82) is 0 Å². The Morgan fingerprint density at radius 2 is 1.79 bits per heavy atom. The van der Waals surface area contributed by atoms with Gasteiger partial charge in [0, 0.05) is 49.1 Å². The van der Waals surface area contributed by atoms with Crippen molar-refractivity contribution in [3.8, 4) is 0 Å².